The second kappa shape index (κ2) is 11.4. The van der Waals surface area contributed by atoms with Gasteiger partial charge in [-0.1, -0.05) is 78.9 Å². The Bertz CT molecular complexity index is 1560. The number of hydrogen-bond donors (Lipinski definition) is 1. The van der Waals surface area contributed by atoms with E-state index >= 15 is 0 Å². The highest BCUT2D eigenvalue weighted by Gasteiger charge is 2.51. The number of carbonyl (C=O) groups is 3. The monoisotopic (exact) mass is 548 g/mol. The molecule has 2 aliphatic rings. The van der Waals surface area contributed by atoms with Crippen LogP contribution in [0, 0.1) is 0 Å². The number of carbonyl (C=O) groups excluding carboxylic acids is 3. The first-order valence-electron chi connectivity index (χ1n) is 13.8. The molecule has 9 heteroatoms. The number of urea groups is 1. The lowest BCUT2D eigenvalue weighted by Gasteiger charge is -2.45. The second-order valence-corrected chi connectivity index (χ2v) is 10.5. The quantitative estimate of drug-likeness (QED) is 0.382. The van der Waals surface area contributed by atoms with Crippen molar-refractivity contribution in [1.29, 1.82) is 0 Å². The summed E-state index contributed by atoms with van der Waals surface area (Å²) in [7, 11) is 1.67. The molecule has 2 fully saturated rings. The Kier molecular flexibility index (Phi) is 7.35. The summed E-state index contributed by atoms with van der Waals surface area (Å²) in [6.45, 7) is 1.05. The molecule has 2 saturated heterocycles. The molecule has 6 rings (SSSR count). The Morgan fingerprint density at radius 1 is 0.927 bits per heavy atom. The Morgan fingerprint density at radius 3 is 2.41 bits per heavy atom. The van der Waals surface area contributed by atoms with Crippen LogP contribution in [-0.4, -0.2) is 75.0 Å². The molecule has 0 spiro atoms. The SMILES string of the molecule is CN(C(=O)NCc1ccccc1)N1CC(=O)N2[C@@H](Cc3ccccc3)C(=O)N(Cc3cccc4ncccc34)C[C@@H]21. The second-order valence-electron chi connectivity index (χ2n) is 10.5. The standard InChI is InChI=1S/C32H32N6O3/c1-35(32(41)34-19-24-12-6-3-7-13-24)37-22-30(39)38-28(18-23-10-4-2-5-11-23)31(40)36(21-29(37)38)20-25-14-8-16-27-26(25)15-9-17-33-27/h2-17,28-29H,18-22H2,1H3,(H,34,41)/t28-,29+/m0/s1. The highest BCUT2D eigenvalue weighted by Crippen LogP contribution is 2.30. The average molecular weight is 549 g/mol. The molecule has 1 aromatic heterocycles. The number of piperazine rings is 1. The minimum Gasteiger partial charge on any atom is -0.333 e. The third-order valence-corrected chi connectivity index (χ3v) is 7.90. The fourth-order valence-electron chi connectivity index (χ4n) is 5.80. The number of nitrogens with one attached hydrogen (secondary N) is 1. The summed E-state index contributed by atoms with van der Waals surface area (Å²) in [5, 5.41) is 7.17. The van der Waals surface area contributed by atoms with Crippen molar-refractivity contribution in [3.05, 3.63) is 114 Å². The van der Waals surface area contributed by atoms with Gasteiger partial charge < -0.3 is 15.1 Å². The van der Waals surface area contributed by atoms with Crippen LogP contribution in [0.15, 0.2) is 97.2 Å². The Balaban J connectivity index is 1.28. The number of hydrogen-bond acceptors (Lipinski definition) is 5. The van der Waals surface area contributed by atoms with E-state index in [1.807, 2.05) is 95.9 Å². The average Bonchev–Trinajstić information content (AvgIpc) is 3.34. The molecular formula is C32H32N6O3. The van der Waals surface area contributed by atoms with E-state index in [0.717, 1.165) is 27.6 Å². The molecule has 3 aromatic carbocycles. The van der Waals surface area contributed by atoms with E-state index in [2.05, 4.69) is 10.3 Å². The van der Waals surface area contributed by atoms with E-state index in [9.17, 15) is 14.4 Å². The first-order chi connectivity index (χ1) is 20.0. The number of hydrazine groups is 1. The molecule has 1 N–H and O–H groups in total. The molecule has 9 nitrogen and oxygen atoms in total. The van der Waals surface area contributed by atoms with E-state index in [0.29, 0.717) is 19.5 Å². The van der Waals surface area contributed by atoms with Gasteiger partial charge in [0.2, 0.25) is 11.8 Å². The highest BCUT2D eigenvalue weighted by atomic mass is 16.2. The van der Waals surface area contributed by atoms with Gasteiger partial charge in [-0.2, -0.15) is 5.01 Å². The van der Waals surface area contributed by atoms with Crippen LogP contribution in [0.5, 0.6) is 0 Å². The fourth-order valence-corrected chi connectivity index (χ4v) is 5.80. The van der Waals surface area contributed by atoms with E-state index in [1.165, 1.54) is 5.01 Å². The first-order valence-corrected chi connectivity index (χ1v) is 13.8. The van der Waals surface area contributed by atoms with Gasteiger partial charge in [-0.3, -0.25) is 19.6 Å². The van der Waals surface area contributed by atoms with Crippen molar-refractivity contribution in [2.45, 2.75) is 31.7 Å². The molecule has 2 aliphatic heterocycles. The lowest BCUT2D eigenvalue weighted by molar-refractivity contribution is -0.157. The van der Waals surface area contributed by atoms with Crippen molar-refractivity contribution < 1.29 is 14.4 Å². The molecule has 2 atom stereocenters. The number of amides is 4. The van der Waals surface area contributed by atoms with Gasteiger partial charge in [0.05, 0.1) is 18.6 Å². The molecule has 0 radical (unpaired) electrons. The van der Waals surface area contributed by atoms with Gasteiger partial charge in [-0.25, -0.2) is 4.79 Å². The fraction of sp³-hybridized carbons (Fsp3) is 0.250. The van der Waals surface area contributed by atoms with Gasteiger partial charge in [0.15, 0.2) is 0 Å². The predicted octanol–water partition coefficient (Wildman–Crippen LogP) is 3.42. The zero-order chi connectivity index (χ0) is 28.3. The zero-order valence-corrected chi connectivity index (χ0v) is 22.9. The van der Waals surface area contributed by atoms with Crippen molar-refractivity contribution in [2.24, 2.45) is 0 Å². The van der Waals surface area contributed by atoms with Crippen LogP contribution in [0.4, 0.5) is 4.79 Å². The van der Waals surface area contributed by atoms with Crippen LogP contribution < -0.4 is 5.32 Å². The molecule has 4 amide bonds. The number of aromatic nitrogens is 1. The molecule has 0 aliphatic carbocycles. The summed E-state index contributed by atoms with van der Waals surface area (Å²) >= 11 is 0. The lowest BCUT2D eigenvalue weighted by Crippen LogP contribution is -2.65. The zero-order valence-electron chi connectivity index (χ0n) is 22.9. The van der Waals surface area contributed by atoms with Gasteiger partial charge in [0.1, 0.15) is 12.2 Å². The van der Waals surface area contributed by atoms with Gasteiger partial charge in [0, 0.05) is 38.1 Å². The number of fused-ring (bicyclic) bond motifs is 2. The van der Waals surface area contributed by atoms with Crippen molar-refractivity contribution >= 4 is 28.7 Å². The molecule has 4 aromatic rings. The van der Waals surface area contributed by atoms with Crippen LogP contribution in [0.1, 0.15) is 16.7 Å². The summed E-state index contributed by atoms with van der Waals surface area (Å²) in [5.74, 6) is -0.265. The maximum atomic E-state index is 14.0. The first kappa shape index (κ1) is 26.5. The summed E-state index contributed by atoms with van der Waals surface area (Å²) in [6, 6.07) is 28.2. The predicted molar refractivity (Wildman–Crippen MR) is 155 cm³/mol. The Morgan fingerprint density at radius 2 is 1.66 bits per heavy atom. The summed E-state index contributed by atoms with van der Waals surface area (Å²) in [4.78, 5) is 48.6. The van der Waals surface area contributed by atoms with Crippen LogP contribution in [0.2, 0.25) is 0 Å². The van der Waals surface area contributed by atoms with Gasteiger partial charge >= 0.3 is 6.03 Å². The number of benzene rings is 3. The maximum Gasteiger partial charge on any atom is 0.332 e. The Labute approximate surface area is 238 Å². The van der Waals surface area contributed by atoms with Crippen LogP contribution in [0.3, 0.4) is 0 Å². The smallest absolute Gasteiger partial charge is 0.332 e. The van der Waals surface area contributed by atoms with Gasteiger partial charge in [0.25, 0.3) is 0 Å². The minimum atomic E-state index is -0.678. The normalized spacial score (nSPS) is 19.0. The van der Waals surface area contributed by atoms with Crippen molar-refractivity contribution in [3.8, 4) is 0 Å². The molecule has 0 bridgehead atoms. The molecule has 3 heterocycles. The molecule has 0 unspecified atom stereocenters. The van der Waals surface area contributed by atoms with Crippen LogP contribution in [-0.2, 0) is 29.1 Å². The summed E-state index contributed by atoms with van der Waals surface area (Å²) in [6.07, 6.45) is 1.68. The third-order valence-electron chi connectivity index (χ3n) is 7.90. The molecular weight excluding hydrogens is 516 g/mol. The molecule has 0 saturated carbocycles. The van der Waals surface area contributed by atoms with Crippen molar-refractivity contribution in [2.75, 3.05) is 20.1 Å². The van der Waals surface area contributed by atoms with E-state index in [4.69, 9.17) is 0 Å². The van der Waals surface area contributed by atoms with Crippen LogP contribution in [0.25, 0.3) is 10.9 Å². The maximum absolute atomic E-state index is 14.0. The van der Waals surface area contributed by atoms with Gasteiger partial charge in [-0.15, -0.1) is 0 Å². The lowest BCUT2D eigenvalue weighted by atomic mass is 9.99. The summed E-state index contributed by atoms with van der Waals surface area (Å²) in [5.41, 5.74) is 3.81. The molecule has 41 heavy (non-hydrogen) atoms. The van der Waals surface area contributed by atoms with Crippen LogP contribution >= 0.6 is 0 Å². The van der Waals surface area contributed by atoms with Crippen molar-refractivity contribution in [1.82, 2.24) is 30.1 Å². The number of nitrogens with zero attached hydrogens (tertiary/aromatic N) is 5. The van der Waals surface area contributed by atoms with Gasteiger partial charge in [-0.05, 0) is 28.8 Å². The topological polar surface area (TPSA) is 89.1 Å². The minimum absolute atomic E-state index is 0.0184. The Hall–Kier alpha value is -4.76. The molecule has 208 valence electrons. The van der Waals surface area contributed by atoms with E-state index in [1.54, 1.807) is 23.2 Å². The van der Waals surface area contributed by atoms with Crippen molar-refractivity contribution in [3.63, 3.8) is 0 Å². The van der Waals surface area contributed by atoms with E-state index in [-0.39, 0.29) is 30.9 Å². The number of rotatable bonds is 7. The highest BCUT2D eigenvalue weighted by molar-refractivity contribution is 5.92. The van der Waals surface area contributed by atoms with E-state index < -0.39 is 12.2 Å². The number of pyridine rings is 1. The summed E-state index contributed by atoms with van der Waals surface area (Å²) < 4.78 is 0. The third kappa shape index (κ3) is 5.36. The largest absolute Gasteiger partial charge is 0.333 e.